The minimum absolute atomic E-state index is 0.150. The Morgan fingerprint density at radius 3 is 2.57 bits per heavy atom. The number of carbonyl (C=O) groups is 1. The Balaban J connectivity index is 1.61. The summed E-state index contributed by atoms with van der Waals surface area (Å²) >= 11 is 0. The van der Waals surface area contributed by atoms with Gasteiger partial charge < -0.3 is 4.74 Å². The summed E-state index contributed by atoms with van der Waals surface area (Å²) in [6.45, 7) is 2.90. The van der Waals surface area contributed by atoms with Gasteiger partial charge in [0.15, 0.2) is 5.69 Å². The van der Waals surface area contributed by atoms with Crippen LogP contribution in [0.4, 0.5) is 0 Å². The van der Waals surface area contributed by atoms with E-state index in [9.17, 15) is 9.59 Å². The van der Waals surface area contributed by atoms with Crippen molar-refractivity contribution < 1.29 is 9.53 Å². The van der Waals surface area contributed by atoms with Crippen LogP contribution >= 0.6 is 0 Å². The third kappa shape index (κ3) is 5.31. The number of aromatic nitrogens is 2. The smallest absolute Gasteiger partial charge is 0.292 e. The van der Waals surface area contributed by atoms with E-state index in [1.54, 1.807) is 30.5 Å². The predicted octanol–water partition coefficient (Wildman–Crippen LogP) is 3.66. The van der Waals surface area contributed by atoms with Crippen LogP contribution in [0, 0.1) is 0 Å². The summed E-state index contributed by atoms with van der Waals surface area (Å²) in [7, 11) is 1.52. The second-order valence-corrected chi connectivity index (χ2v) is 7.00. The number of aryl methyl sites for hydroxylation is 1. The van der Waals surface area contributed by atoms with E-state index >= 15 is 0 Å². The molecule has 0 unspecified atom stereocenters. The molecule has 2 aromatic carbocycles. The molecular weight excluding hydrogens is 380 g/mol. The number of hydrogen-bond donors (Lipinski definition) is 1. The average Bonchev–Trinajstić information content (AvgIpc) is 2.77. The van der Waals surface area contributed by atoms with Crippen molar-refractivity contribution in [1.29, 1.82) is 0 Å². The second-order valence-electron chi connectivity index (χ2n) is 7.00. The van der Waals surface area contributed by atoms with E-state index in [-0.39, 0.29) is 11.3 Å². The van der Waals surface area contributed by atoms with Crippen LogP contribution < -0.4 is 15.7 Å². The van der Waals surface area contributed by atoms with Gasteiger partial charge in [0.25, 0.3) is 11.5 Å². The lowest BCUT2D eigenvalue weighted by atomic mass is 10.1. The van der Waals surface area contributed by atoms with Crippen LogP contribution in [0.1, 0.15) is 48.7 Å². The SMILES string of the molecule is CCCCCCOc1ccc(/C=N/NC(=O)c2nn(C)c(=O)c3ccccc23)cc1. The zero-order valence-corrected chi connectivity index (χ0v) is 17.3. The molecular formula is C23H26N4O3. The molecule has 0 aliphatic rings. The first-order valence-electron chi connectivity index (χ1n) is 10.1. The Bertz CT molecular complexity index is 1090. The maximum Gasteiger partial charge on any atom is 0.292 e. The highest BCUT2D eigenvalue weighted by molar-refractivity contribution is 6.04. The number of hydrogen-bond acceptors (Lipinski definition) is 5. The topological polar surface area (TPSA) is 85.6 Å². The molecule has 0 spiro atoms. The largest absolute Gasteiger partial charge is 0.494 e. The molecule has 7 nitrogen and oxygen atoms in total. The minimum atomic E-state index is -0.481. The van der Waals surface area contributed by atoms with Gasteiger partial charge in [-0.3, -0.25) is 9.59 Å². The monoisotopic (exact) mass is 406 g/mol. The Morgan fingerprint density at radius 1 is 1.10 bits per heavy atom. The Hall–Kier alpha value is -3.48. The molecule has 0 aliphatic heterocycles. The summed E-state index contributed by atoms with van der Waals surface area (Å²) in [4.78, 5) is 24.7. The van der Waals surface area contributed by atoms with Gasteiger partial charge in [-0.15, -0.1) is 0 Å². The fourth-order valence-electron chi connectivity index (χ4n) is 3.05. The molecule has 1 amide bonds. The minimum Gasteiger partial charge on any atom is -0.494 e. The molecule has 0 atom stereocenters. The fourth-order valence-corrected chi connectivity index (χ4v) is 3.05. The van der Waals surface area contributed by atoms with Crippen molar-refractivity contribution in [3.05, 3.63) is 70.1 Å². The third-order valence-electron chi connectivity index (χ3n) is 4.70. The fraction of sp³-hybridized carbons (Fsp3) is 0.304. The summed E-state index contributed by atoms with van der Waals surface area (Å²) < 4.78 is 6.87. The van der Waals surface area contributed by atoms with Crippen LogP contribution in [-0.4, -0.2) is 28.5 Å². The molecule has 0 fully saturated rings. The van der Waals surface area contributed by atoms with Gasteiger partial charge in [-0.05, 0) is 42.3 Å². The molecule has 0 aliphatic carbocycles. The molecule has 0 radical (unpaired) electrons. The highest BCUT2D eigenvalue weighted by Gasteiger charge is 2.14. The number of carbonyl (C=O) groups excluding carboxylic acids is 1. The summed E-state index contributed by atoms with van der Waals surface area (Å²) in [5.74, 6) is 0.332. The number of unbranched alkanes of at least 4 members (excludes halogenated alkanes) is 3. The van der Waals surface area contributed by atoms with Crippen LogP contribution in [0.15, 0.2) is 58.4 Å². The van der Waals surface area contributed by atoms with Crippen LogP contribution in [0.3, 0.4) is 0 Å². The highest BCUT2D eigenvalue weighted by atomic mass is 16.5. The normalized spacial score (nSPS) is 11.1. The van der Waals surface area contributed by atoms with Crippen molar-refractivity contribution in [3.8, 4) is 5.75 Å². The summed E-state index contributed by atoms with van der Waals surface area (Å²) in [5, 5.41) is 9.03. The summed E-state index contributed by atoms with van der Waals surface area (Å²) in [6.07, 6.45) is 6.22. The zero-order valence-electron chi connectivity index (χ0n) is 17.3. The molecule has 1 N–H and O–H groups in total. The summed E-state index contributed by atoms with van der Waals surface area (Å²) in [6, 6.07) is 14.4. The molecule has 1 aromatic heterocycles. The van der Waals surface area contributed by atoms with Gasteiger partial charge in [-0.1, -0.05) is 44.4 Å². The highest BCUT2D eigenvalue weighted by Crippen LogP contribution is 2.14. The number of hydrazone groups is 1. The van der Waals surface area contributed by atoms with Crippen molar-refractivity contribution in [2.45, 2.75) is 32.6 Å². The van der Waals surface area contributed by atoms with Crippen LogP contribution in [0.5, 0.6) is 5.75 Å². The molecule has 0 bridgehead atoms. The lowest BCUT2D eigenvalue weighted by molar-refractivity contribution is 0.0950. The first-order chi connectivity index (χ1) is 14.6. The predicted molar refractivity (Wildman–Crippen MR) is 118 cm³/mol. The molecule has 0 saturated heterocycles. The van der Waals surface area contributed by atoms with Gasteiger partial charge in [-0.2, -0.15) is 10.2 Å². The summed E-state index contributed by atoms with van der Waals surface area (Å²) in [5.41, 5.74) is 3.20. The van der Waals surface area contributed by atoms with Crippen LogP contribution in [0.25, 0.3) is 10.8 Å². The van der Waals surface area contributed by atoms with E-state index in [1.807, 2.05) is 24.3 Å². The lowest BCUT2D eigenvalue weighted by Crippen LogP contribution is -2.27. The van der Waals surface area contributed by atoms with Gasteiger partial charge in [0.2, 0.25) is 0 Å². The molecule has 30 heavy (non-hydrogen) atoms. The van der Waals surface area contributed by atoms with E-state index in [0.29, 0.717) is 17.4 Å². The van der Waals surface area contributed by atoms with E-state index < -0.39 is 5.91 Å². The first kappa shape index (κ1) is 21.2. The van der Waals surface area contributed by atoms with Gasteiger partial charge in [0, 0.05) is 12.4 Å². The van der Waals surface area contributed by atoms with E-state index in [0.717, 1.165) is 22.4 Å². The van der Waals surface area contributed by atoms with Crippen LogP contribution in [0.2, 0.25) is 0 Å². The quantitative estimate of drug-likeness (QED) is 0.334. The zero-order chi connectivity index (χ0) is 21.3. The van der Waals surface area contributed by atoms with E-state index in [4.69, 9.17) is 4.74 Å². The molecule has 156 valence electrons. The number of nitrogens with one attached hydrogen (secondary N) is 1. The van der Waals surface area contributed by atoms with E-state index in [1.165, 1.54) is 26.3 Å². The van der Waals surface area contributed by atoms with Crippen molar-refractivity contribution in [3.63, 3.8) is 0 Å². The number of fused-ring (bicyclic) bond motifs is 1. The average molecular weight is 406 g/mol. The van der Waals surface area contributed by atoms with Gasteiger partial charge in [0.05, 0.1) is 18.2 Å². The Kier molecular flexibility index (Phi) is 7.32. The maximum absolute atomic E-state index is 12.5. The second kappa shape index (κ2) is 10.3. The van der Waals surface area contributed by atoms with Crippen molar-refractivity contribution in [2.24, 2.45) is 12.1 Å². The molecule has 0 saturated carbocycles. The Labute approximate surface area is 175 Å². The number of amides is 1. The van der Waals surface area contributed by atoms with Gasteiger partial charge in [-0.25, -0.2) is 10.1 Å². The van der Waals surface area contributed by atoms with Crippen molar-refractivity contribution in [1.82, 2.24) is 15.2 Å². The number of rotatable bonds is 9. The lowest BCUT2D eigenvalue weighted by Gasteiger charge is -2.07. The maximum atomic E-state index is 12.5. The van der Waals surface area contributed by atoms with Gasteiger partial charge >= 0.3 is 0 Å². The van der Waals surface area contributed by atoms with Crippen molar-refractivity contribution >= 4 is 22.9 Å². The standard InChI is InChI=1S/C23H26N4O3/c1-3-4-5-8-15-30-18-13-11-17(12-14-18)16-24-25-22(28)21-19-9-6-7-10-20(19)23(29)27(2)26-21/h6-7,9-14,16H,3-5,8,15H2,1-2H3,(H,25,28)/b24-16+. The Morgan fingerprint density at radius 2 is 1.83 bits per heavy atom. The number of benzene rings is 2. The molecule has 3 aromatic rings. The first-order valence-corrected chi connectivity index (χ1v) is 10.1. The molecule has 1 heterocycles. The van der Waals surface area contributed by atoms with Crippen LogP contribution in [-0.2, 0) is 7.05 Å². The van der Waals surface area contributed by atoms with Crippen molar-refractivity contribution in [2.75, 3.05) is 6.61 Å². The molecule has 3 rings (SSSR count). The number of ether oxygens (including phenoxy) is 1. The third-order valence-corrected chi connectivity index (χ3v) is 4.70. The number of nitrogens with zero attached hydrogens (tertiary/aromatic N) is 3. The van der Waals surface area contributed by atoms with Gasteiger partial charge in [0.1, 0.15) is 5.75 Å². The molecule has 7 heteroatoms. The van der Waals surface area contributed by atoms with E-state index in [2.05, 4.69) is 22.5 Å².